The van der Waals surface area contributed by atoms with Crippen LogP contribution in [0.2, 0.25) is 0 Å². The number of carbonyl (C=O) groups excluding carboxylic acids is 2. The second kappa shape index (κ2) is 8.62. The lowest BCUT2D eigenvalue weighted by Crippen LogP contribution is -2.36. The molecule has 1 atom stereocenters. The maximum atomic E-state index is 12.7. The predicted octanol–water partition coefficient (Wildman–Crippen LogP) is 1.69. The van der Waals surface area contributed by atoms with Gasteiger partial charge < -0.3 is 20.4 Å². The molecule has 6 heteroatoms. The molecular weight excluding hydrogens is 344 g/mol. The van der Waals surface area contributed by atoms with Crippen LogP contribution in [-0.2, 0) is 9.59 Å². The largest absolute Gasteiger partial charge is 0.507 e. The topological polar surface area (TPSA) is 89.9 Å². The number of carbonyl (C=O) groups is 2. The van der Waals surface area contributed by atoms with Crippen LogP contribution in [0.15, 0.2) is 66.2 Å². The molecule has 1 saturated heterocycles. The standard InChI is InChI=1S/C21H22N2O4/c24-14-12-22-11-13-23-18(15-7-3-1-4-8-15)17(20(26)21(23)27)19(25)16-9-5-2-6-10-16/h1-10,18,22,24-25H,11-14H2/b19-17+. The molecule has 0 spiro atoms. The number of rotatable bonds is 7. The highest BCUT2D eigenvalue weighted by atomic mass is 16.3. The van der Waals surface area contributed by atoms with Gasteiger partial charge in [0.1, 0.15) is 5.76 Å². The van der Waals surface area contributed by atoms with Crippen LogP contribution in [0.4, 0.5) is 0 Å². The Morgan fingerprint density at radius 2 is 1.59 bits per heavy atom. The fourth-order valence-electron chi connectivity index (χ4n) is 3.25. The molecule has 6 nitrogen and oxygen atoms in total. The quantitative estimate of drug-likeness (QED) is 0.300. The summed E-state index contributed by atoms with van der Waals surface area (Å²) in [7, 11) is 0. The molecule has 0 aliphatic carbocycles. The highest BCUT2D eigenvalue weighted by Crippen LogP contribution is 2.38. The first kappa shape index (κ1) is 18.8. The summed E-state index contributed by atoms with van der Waals surface area (Å²) >= 11 is 0. The number of benzene rings is 2. The molecule has 1 aliphatic heterocycles. The van der Waals surface area contributed by atoms with Gasteiger partial charge in [0.15, 0.2) is 0 Å². The van der Waals surface area contributed by atoms with Gasteiger partial charge in [0.25, 0.3) is 11.7 Å². The maximum absolute atomic E-state index is 12.7. The Hall–Kier alpha value is -2.96. The van der Waals surface area contributed by atoms with E-state index < -0.39 is 17.7 Å². The van der Waals surface area contributed by atoms with E-state index in [1.807, 2.05) is 36.4 Å². The average molecular weight is 366 g/mol. The minimum absolute atomic E-state index is 0.00502. The third-order valence-electron chi connectivity index (χ3n) is 4.52. The second-order valence-corrected chi connectivity index (χ2v) is 6.24. The summed E-state index contributed by atoms with van der Waals surface area (Å²) in [6.07, 6.45) is 0. The van der Waals surface area contributed by atoms with Gasteiger partial charge in [-0.05, 0) is 5.56 Å². The van der Waals surface area contributed by atoms with Crippen molar-refractivity contribution in [3.05, 3.63) is 77.4 Å². The van der Waals surface area contributed by atoms with Crippen molar-refractivity contribution in [3.63, 3.8) is 0 Å². The molecule has 27 heavy (non-hydrogen) atoms. The summed E-state index contributed by atoms with van der Waals surface area (Å²) in [5, 5.41) is 22.7. The first-order chi connectivity index (χ1) is 13.1. The van der Waals surface area contributed by atoms with E-state index in [2.05, 4.69) is 5.32 Å². The number of ketones is 1. The number of aliphatic hydroxyl groups is 2. The SMILES string of the molecule is O=C1C(=O)N(CCNCCO)C(c2ccccc2)/C1=C(\O)c1ccccc1. The summed E-state index contributed by atoms with van der Waals surface area (Å²) in [6.45, 7) is 1.12. The Morgan fingerprint density at radius 3 is 2.22 bits per heavy atom. The molecule has 0 saturated carbocycles. The molecule has 0 bridgehead atoms. The van der Waals surface area contributed by atoms with E-state index in [0.717, 1.165) is 5.56 Å². The van der Waals surface area contributed by atoms with Crippen molar-refractivity contribution in [2.24, 2.45) is 0 Å². The monoisotopic (exact) mass is 366 g/mol. The second-order valence-electron chi connectivity index (χ2n) is 6.24. The Balaban J connectivity index is 2.03. The third-order valence-corrected chi connectivity index (χ3v) is 4.52. The number of hydrogen-bond donors (Lipinski definition) is 3. The van der Waals surface area contributed by atoms with Crippen molar-refractivity contribution < 1.29 is 19.8 Å². The summed E-state index contributed by atoms with van der Waals surface area (Å²) in [5.41, 5.74) is 1.35. The van der Waals surface area contributed by atoms with E-state index in [-0.39, 0.29) is 24.5 Å². The van der Waals surface area contributed by atoms with E-state index in [9.17, 15) is 14.7 Å². The molecule has 3 rings (SSSR count). The molecule has 1 heterocycles. The average Bonchev–Trinajstić information content (AvgIpc) is 2.97. The summed E-state index contributed by atoms with van der Waals surface area (Å²) in [5.74, 6) is -1.49. The minimum atomic E-state index is -0.688. The number of nitrogens with one attached hydrogen (secondary N) is 1. The Bertz CT molecular complexity index is 834. The summed E-state index contributed by atoms with van der Waals surface area (Å²) < 4.78 is 0. The molecule has 2 aromatic rings. The normalized spacial score (nSPS) is 18.9. The smallest absolute Gasteiger partial charge is 0.295 e. The molecule has 140 valence electrons. The highest BCUT2D eigenvalue weighted by Gasteiger charge is 2.45. The van der Waals surface area contributed by atoms with Gasteiger partial charge in [-0.2, -0.15) is 0 Å². The lowest BCUT2D eigenvalue weighted by molar-refractivity contribution is -0.139. The van der Waals surface area contributed by atoms with Crippen LogP contribution in [0.25, 0.3) is 5.76 Å². The molecule has 1 amide bonds. The number of Topliss-reactive ketones (excluding diaryl/α,β-unsaturated/α-hetero) is 1. The molecule has 0 aromatic heterocycles. The van der Waals surface area contributed by atoms with Crippen LogP contribution < -0.4 is 5.32 Å². The molecule has 3 N–H and O–H groups in total. The van der Waals surface area contributed by atoms with E-state index in [4.69, 9.17) is 5.11 Å². The number of aliphatic hydroxyl groups excluding tert-OH is 2. The molecule has 1 fully saturated rings. The van der Waals surface area contributed by atoms with Crippen LogP contribution in [0.5, 0.6) is 0 Å². The fraction of sp³-hybridized carbons (Fsp3) is 0.238. The van der Waals surface area contributed by atoms with Crippen LogP contribution >= 0.6 is 0 Å². The zero-order valence-electron chi connectivity index (χ0n) is 14.8. The third kappa shape index (κ3) is 3.92. The van der Waals surface area contributed by atoms with Crippen LogP contribution in [-0.4, -0.2) is 53.0 Å². The molecular formula is C21H22N2O4. The van der Waals surface area contributed by atoms with Gasteiger partial charge in [-0.15, -0.1) is 0 Å². The van der Waals surface area contributed by atoms with Gasteiger partial charge in [-0.25, -0.2) is 0 Å². The van der Waals surface area contributed by atoms with Gasteiger partial charge >= 0.3 is 0 Å². The zero-order valence-corrected chi connectivity index (χ0v) is 14.8. The van der Waals surface area contributed by atoms with E-state index in [1.165, 1.54) is 4.90 Å². The molecule has 1 unspecified atom stereocenters. The fourth-order valence-corrected chi connectivity index (χ4v) is 3.25. The first-order valence-electron chi connectivity index (χ1n) is 8.85. The molecule has 0 radical (unpaired) electrons. The number of hydrogen-bond acceptors (Lipinski definition) is 5. The number of likely N-dealkylation sites (tertiary alicyclic amines) is 1. The number of nitrogens with zero attached hydrogens (tertiary/aromatic N) is 1. The lowest BCUT2D eigenvalue weighted by atomic mass is 9.95. The van der Waals surface area contributed by atoms with Crippen LogP contribution in [0, 0.1) is 0 Å². The van der Waals surface area contributed by atoms with Crippen molar-refractivity contribution in [1.82, 2.24) is 10.2 Å². The van der Waals surface area contributed by atoms with Gasteiger partial charge in [-0.3, -0.25) is 9.59 Å². The number of amides is 1. The maximum Gasteiger partial charge on any atom is 0.295 e. The van der Waals surface area contributed by atoms with Gasteiger partial charge in [-0.1, -0.05) is 60.7 Å². The summed E-state index contributed by atoms with van der Waals surface area (Å²) in [4.78, 5) is 26.9. The van der Waals surface area contributed by atoms with E-state index in [0.29, 0.717) is 18.7 Å². The minimum Gasteiger partial charge on any atom is -0.507 e. The molecule has 1 aliphatic rings. The molecule has 2 aromatic carbocycles. The van der Waals surface area contributed by atoms with Gasteiger partial charge in [0.2, 0.25) is 0 Å². The summed E-state index contributed by atoms with van der Waals surface area (Å²) in [6, 6.07) is 17.3. The van der Waals surface area contributed by atoms with Crippen molar-refractivity contribution in [2.75, 3.05) is 26.2 Å². The van der Waals surface area contributed by atoms with Crippen molar-refractivity contribution in [3.8, 4) is 0 Å². The van der Waals surface area contributed by atoms with Gasteiger partial charge in [0, 0.05) is 25.2 Å². The highest BCUT2D eigenvalue weighted by molar-refractivity contribution is 6.46. The van der Waals surface area contributed by atoms with Crippen LogP contribution in [0.3, 0.4) is 0 Å². The van der Waals surface area contributed by atoms with Crippen molar-refractivity contribution in [2.45, 2.75) is 6.04 Å². The Kier molecular flexibility index (Phi) is 6.01. The van der Waals surface area contributed by atoms with E-state index >= 15 is 0 Å². The first-order valence-corrected chi connectivity index (χ1v) is 8.85. The predicted molar refractivity (Wildman–Crippen MR) is 102 cm³/mol. The van der Waals surface area contributed by atoms with Crippen molar-refractivity contribution in [1.29, 1.82) is 0 Å². The zero-order chi connectivity index (χ0) is 19.2. The van der Waals surface area contributed by atoms with E-state index in [1.54, 1.807) is 24.3 Å². The Morgan fingerprint density at radius 1 is 0.963 bits per heavy atom. The van der Waals surface area contributed by atoms with Crippen molar-refractivity contribution >= 4 is 17.4 Å². The Labute approximate surface area is 157 Å². The van der Waals surface area contributed by atoms with Gasteiger partial charge in [0.05, 0.1) is 18.2 Å². The lowest BCUT2D eigenvalue weighted by Gasteiger charge is -2.25. The van der Waals surface area contributed by atoms with Crippen LogP contribution in [0.1, 0.15) is 17.2 Å².